The van der Waals surface area contributed by atoms with Gasteiger partial charge in [0.15, 0.2) is 12.3 Å². The van der Waals surface area contributed by atoms with Crippen LogP contribution in [-0.2, 0) is 23.9 Å². The minimum absolute atomic E-state index is 0.0676. The molecule has 3 heterocycles. The van der Waals surface area contributed by atoms with Crippen molar-refractivity contribution in [3.63, 3.8) is 0 Å². The molecule has 16 nitrogen and oxygen atoms in total. The Hall–Kier alpha value is -5.22. The number of benzene rings is 1. The van der Waals surface area contributed by atoms with E-state index in [0.717, 1.165) is 30.0 Å². The second-order valence-electron chi connectivity index (χ2n) is 13.1. The van der Waals surface area contributed by atoms with E-state index < -0.39 is 54.3 Å². The van der Waals surface area contributed by atoms with Gasteiger partial charge in [0, 0.05) is 51.3 Å². The number of carboxylic acid groups (broad SMARTS) is 1. The second-order valence-corrected chi connectivity index (χ2v) is 13.1. The van der Waals surface area contributed by atoms with E-state index in [1.165, 1.54) is 39.0 Å². The van der Waals surface area contributed by atoms with Crippen molar-refractivity contribution in [2.24, 2.45) is 0 Å². The molecule has 2 atom stereocenters. The third-order valence-corrected chi connectivity index (χ3v) is 9.10. The maximum Gasteiger partial charge on any atom is 0.407 e. The van der Waals surface area contributed by atoms with Crippen molar-refractivity contribution in [3.05, 3.63) is 41.8 Å². The van der Waals surface area contributed by atoms with Crippen LogP contribution in [0.3, 0.4) is 0 Å². The van der Waals surface area contributed by atoms with Gasteiger partial charge in [-0.2, -0.15) is 5.10 Å². The highest BCUT2D eigenvalue weighted by Gasteiger charge is 2.36. The molecule has 3 fully saturated rings. The minimum Gasteiger partial charge on any atom is -0.467 e. The molecule has 0 radical (unpaired) electrons. The topological polar surface area (TPSA) is 193 Å². The van der Waals surface area contributed by atoms with Crippen LogP contribution in [0, 0.1) is 5.82 Å². The van der Waals surface area contributed by atoms with Crippen LogP contribution in [0.15, 0.2) is 30.3 Å². The van der Waals surface area contributed by atoms with E-state index in [-0.39, 0.29) is 74.3 Å². The van der Waals surface area contributed by atoms with Gasteiger partial charge in [-0.25, -0.2) is 13.9 Å². The lowest BCUT2D eigenvalue weighted by atomic mass is 9.93. The number of likely N-dealkylation sites (tertiary alicyclic amines) is 1. The lowest BCUT2D eigenvalue weighted by Gasteiger charge is -2.35. The van der Waals surface area contributed by atoms with Crippen LogP contribution in [0.4, 0.5) is 9.18 Å². The summed E-state index contributed by atoms with van der Waals surface area (Å²) in [4.78, 5) is 81.2. The van der Waals surface area contributed by atoms with E-state index in [1.54, 1.807) is 13.8 Å². The van der Waals surface area contributed by atoms with Gasteiger partial charge < -0.3 is 39.9 Å². The quantitative estimate of drug-likeness (QED) is 0.258. The van der Waals surface area contributed by atoms with Gasteiger partial charge >= 0.3 is 12.1 Å². The molecule has 3 N–H and O–H groups in total. The van der Waals surface area contributed by atoms with E-state index in [1.807, 2.05) is 0 Å². The van der Waals surface area contributed by atoms with Gasteiger partial charge in [0.1, 0.15) is 17.9 Å². The summed E-state index contributed by atoms with van der Waals surface area (Å²) in [5.41, 5.74) is -0.0327. The number of carbonyl (C=O) groups is 6. The van der Waals surface area contributed by atoms with Crippen LogP contribution >= 0.6 is 0 Å². The standard InChI is InChI=1S/C34H44FN7O9/c1-21(2)51-30(44)12-11-25(33(47)39-14-16-40(17-15-39)34(48)49)37-31(45)26-19-29(42(38-26)24-9-3-6-22(35)18-24)50-20-28(43)41-13-5-10-27(41)32(46)36-23-7-4-8-23/h3,6,9,18-19,21,23,25,27H,4-5,7-8,10-17,20H2,1-2H3,(H,36,46)(H,37,45)(H,48,49)/t25-,27-/m0/s1. The average molecular weight is 714 g/mol. The smallest absolute Gasteiger partial charge is 0.407 e. The molecule has 276 valence electrons. The van der Waals surface area contributed by atoms with Crippen molar-refractivity contribution in [1.82, 2.24) is 35.1 Å². The third-order valence-electron chi connectivity index (χ3n) is 9.10. The summed E-state index contributed by atoms with van der Waals surface area (Å²) in [6, 6.07) is 4.91. The zero-order valence-corrected chi connectivity index (χ0v) is 28.7. The molecule has 2 aliphatic heterocycles. The van der Waals surface area contributed by atoms with Gasteiger partial charge in [-0.3, -0.25) is 24.0 Å². The van der Waals surface area contributed by atoms with Crippen LogP contribution in [0.2, 0.25) is 0 Å². The fourth-order valence-corrected chi connectivity index (χ4v) is 6.19. The molecule has 1 aliphatic carbocycles. The molecule has 5 amide bonds. The van der Waals surface area contributed by atoms with Crippen molar-refractivity contribution in [2.45, 2.75) is 83.0 Å². The van der Waals surface area contributed by atoms with Gasteiger partial charge in [-0.05, 0) is 70.6 Å². The van der Waals surface area contributed by atoms with Gasteiger partial charge in [0.05, 0.1) is 11.8 Å². The molecule has 3 aliphatic rings. The summed E-state index contributed by atoms with van der Waals surface area (Å²) in [6.45, 7) is 3.61. The number of esters is 1. The first-order valence-corrected chi connectivity index (χ1v) is 17.2. The first kappa shape index (κ1) is 37.0. The molecule has 2 saturated heterocycles. The van der Waals surface area contributed by atoms with E-state index in [2.05, 4.69) is 15.7 Å². The maximum absolute atomic E-state index is 14.3. The molecule has 17 heteroatoms. The summed E-state index contributed by atoms with van der Waals surface area (Å²) >= 11 is 0. The number of hydrogen-bond donors (Lipinski definition) is 3. The predicted molar refractivity (Wildman–Crippen MR) is 177 cm³/mol. The van der Waals surface area contributed by atoms with Crippen LogP contribution in [0.25, 0.3) is 5.69 Å². The number of ether oxygens (including phenoxy) is 2. The third kappa shape index (κ3) is 9.52. The highest BCUT2D eigenvalue weighted by atomic mass is 19.1. The molecule has 5 rings (SSSR count). The average Bonchev–Trinajstić information content (AvgIpc) is 3.75. The maximum atomic E-state index is 14.3. The van der Waals surface area contributed by atoms with Crippen molar-refractivity contribution in [3.8, 4) is 11.6 Å². The van der Waals surface area contributed by atoms with Crippen molar-refractivity contribution in [1.29, 1.82) is 0 Å². The Morgan fingerprint density at radius 3 is 2.35 bits per heavy atom. The Labute approximate surface area is 294 Å². The number of hydrogen-bond acceptors (Lipinski definition) is 9. The van der Waals surface area contributed by atoms with Gasteiger partial charge in [-0.15, -0.1) is 0 Å². The largest absolute Gasteiger partial charge is 0.467 e. The van der Waals surface area contributed by atoms with Crippen LogP contribution in [0.5, 0.6) is 5.88 Å². The second kappa shape index (κ2) is 16.7. The van der Waals surface area contributed by atoms with Crippen molar-refractivity contribution < 1.29 is 47.7 Å². The summed E-state index contributed by atoms with van der Waals surface area (Å²) in [5, 5.41) is 19.2. The number of piperazine rings is 1. The van der Waals surface area contributed by atoms with E-state index in [0.29, 0.717) is 19.4 Å². The zero-order valence-electron chi connectivity index (χ0n) is 28.7. The summed E-state index contributed by atoms with van der Waals surface area (Å²) < 4.78 is 26.5. The number of carbonyl (C=O) groups excluding carboxylic acids is 5. The van der Waals surface area contributed by atoms with Gasteiger partial charge in [0.2, 0.25) is 17.7 Å². The number of rotatable bonds is 13. The molecule has 1 aromatic carbocycles. The summed E-state index contributed by atoms with van der Waals surface area (Å²) in [6.07, 6.45) is 2.29. The van der Waals surface area contributed by atoms with Crippen LogP contribution in [-0.4, -0.2) is 129 Å². The number of aromatic nitrogens is 2. The summed E-state index contributed by atoms with van der Waals surface area (Å²) in [7, 11) is 0. The van der Waals surface area contributed by atoms with Crippen molar-refractivity contribution in [2.75, 3.05) is 39.3 Å². The van der Waals surface area contributed by atoms with Gasteiger partial charge in [-0.1, -0.05) is 6.07 Å². The summed E-state index contributed by atoms with van der Waals surface area (Å²) in [5.74, 6) is -3.19. The first-order valence-electron chi connectivity index (χ1n) is 17.2. The molecule has 0 unspecified atom stereocenters. The Morgan fingerprint density at radius 2 is 1.71 bits per heavy atom. The SMILES string of the molecule is CC(C)OC(=O)CC[C@H](NC(=O)c1cc(OCC(=O)N2CCC[C@H]2C(=O)NC2CCC2)n(-c2cccc(F)c2)n1)C(=O)N1CCN(C(=O)O)CC1. The van der Waals surface area contributed by atoms with Crippen LogP contribution in [0.1, 0.15) is 69.3 Å². The molecule has 51 heavy (non-hydrogen) atoms. The molecule has 2 aromatic rings. The molecule has 0 spiro atoms. The molecule has 1 saturated carbocycles. The molecule has 1 aromatic heterocycles. The number of nitrogens with one attached hydrogen (secondary N) is 2. The molecular weight excluding hydrogens is 669 g/mol. The highest BCUT2D eigenvalue weighted by Crippen LogP contribution is 2.24. The Morgan fingerprint density at radius 1 is 0.980 bits per heavy atom. The minimum atomic E-state index is -1.20. The van der Waals surface area contributed by atoms with E-state index in [4.69, 9.17) is 9.47 Å². The lowest BCUT2D eigenvalue weighted by molar-refractivity contribution is -0.147. The lowest BCUT2D eigenvalue weighted by Crippen LogP contribution is -2.55. The van der Waals surface area contributed by atoms with E-state index in [9.17, 15) is 38.3 Å². The van der Waals surface area contributed by atoms with E-state index >= 15 is 0 Å². The van der Waals surface area contributed by atoms with Crippen molar-refractivity contribution >= 4 is 35.7 Å². The molecular formula is C34H44FN7O9. The Balaban J connectivity index is 1.32. The molecule has 0 bridgehead atoms. The fraction of sp³-hybridized carbons (Fsp3) is 0.559. The Bertz CT molecular complexity index is 1620. The number of halogens is 1. The zero-order chi connectivity index (χ0) is 36.7. The van der Waals surface area contributed by atoms with Gasteiger partial charge in [0.25, 0.3) is 11.8 Å². The first-order chi connectivity index (χ1) is 24.4. The van der Waals surface area contributed by atoms with Crippen LogP contribution < -0.4 is 15.4 Å². The highest BCUT2D eigenvalue weighted by molar-refractivity contribution is 5.96. The Kier molecular flexibility index (Phi) is 12.1. The fourth-order valence-electron chi connectivity index (χ4n) is 6.19. The normalized spacial score (nSPS) is 18.2. The number of amides is 5. The number of nitrogens with zero attached hydrogens (tertiary/aromatic N) is 5. The monoisotopic (exact) mass is 713 g/mol. The predicted octanol–water partition coefficient (Wildman–Crippen LogP) is 1.70.